The van der Waals surface area contributed by atoms with Crippen LogP contribution in [0.1, 0.15) is 41.3 Å². The van der Waals surface area contributed by atoms with Gasteiger partial charge in [-0.05, 0) is 54.3 Å². The van der Waals surface area contributed by atoms with E-state index < -0.39 is 35.7 Å². The maximum atomic E-state index is 14.3. The fraction of sp³-hybridized carbons (Fsp3) is 0.222. The second-order valence-electron chi connectivity index (χ2n) is 8.53. The number of carboxylic acid groups (broad SMARTS) is 1. The third-order valence-corrected chi connectivity index (χ3v) is 6.30. The van der Waals surface area contributed by atoms with Crippen LogP contribution in [0.5, 0.6) is 0 Å². The number of rotatable bonds is 7. The fourth-order valence-corrected chi connectivity index (χ4v) is 4.15. The van der Waals surface area contributed by atoms with Gasteiger partial charge in [-0.1, -0.05) is 48.5 Å². The molecule has 4 rings (SSSR count). The van der Waals surface area contributed by atoms with Crippen molar-refractivity contribution in [3.63, 3.8) is 0 Å². The maximum absolute atomic E-state index is 14.3. The molecule has 180 valence electrons. The highest BCUT2D eigenvalue weighted by Gasteiger charge is 2.29. The molecule has 1 aliphatic carbocycles. The Morgan fingerprint density at radius 2 is 1.57 bits per heavy atom. The normalized spacial score (nSPS) is 13.8. The number of carbonyl (C=O) groups is 3. The van der Waals surface area contributed by atoms with Crippen LogP contribution in [0.25, 0.3) is 11.1 Å². The number of aliphatic carboxylic acids is 1. The molecular formula is C27H25FN2O5. The Balaban J connectivity index is 1.42. The summed E-state index contributed by atoms with van der Waals surface area (Å²) in [5.74, 6) is -3.62. The van der Waals surface area contributed by atoms with Gasteiger partial charge in [-0.3, -0.25) is 14.9 Å². The molecule has 7 nitrogen and oxygen atoms in total. The van der Waals surface area contributed by atoms with Crippen LogP contribution in [-0.4, -0.2) is 35.7 Å². The van der Waals surface area contributed by atoms with Gasteiger partial charge in [0.25, 0.3) is 5.91 Å². The number of amides is 2. The number of halogens is 1. The van der Waals surface area contributed by atoms with Crippen LogP contribution < -0.4 is 10.6 Å². The monoisotopic (exact) mass is 476 g/mol. The molecule has 2 amide bonds. The Labute approximate surface area is 201 Å². The number of fused-ring (bicyclic) bond motifs is 3. The molecule has 0 heterocycles. The Hall–Kier alpha value is -4.20. The molecule has 8 heteroatoms. The minimum absolute atomic E-state index is 0.110. The standard InChI is InChI=1S/C27H25FN2O5/c1-15(26(32)33)16(2)29-25(31)22-13-17(11-12-24(22)28)30-27(34)35-14-23-20-9-5-3-7-18(20)19-8-4-6-10-21(19)23/h3-13,15-16,23H,14H2,1-2H3,(H,29,31)(H,30,34)(H,32,33). The van der Waals surface area contributed by atoms with Crippen LogP contribution >= 0.6 is 0 Å². The zero-order valence-corrected chi connectivity index (χ0v) is 19.2. The molecule has 0 radical (unpaired) electrons. The Kier molecular flexibility index (Phi) is 6.82. The molecule has 0 saturated carbocycles. The Morgan fingerprint density at radius 1 is 0.971 bits per heavy atom. The first-order chi connectivity index (χ1) is 16.8. The topological polar surface area (TPSA) is 105 Å². The summed E-state index contributed by atoms with van der Waals surface area (Å²) in [6, 6.07) is 18.8. The highest BCUT2D eigenvalue weighted by atomic mass is 19.1. The van der Waals surface area contributed by atoms with Crippen molar-refractivity contribution in [1.82, 2.24) is 5.32 Å². The quantitative estimate of drug-likeness (QED) is 0.444. The molecule has 3 aromatic rings. The molecule has 2 unspecified atom stereocenters. The summed E-state index contributed by atoms with van der Waals surface area (Å²) in [4.78, 5) is 36.1. The van der Waals surface area contributed by atoms with E-state index in [4.69, 9.17) is 9.84 Å². The average Bonchev–Trinajstić information content (AvgIpc) is 3.17. The third-order valence-electron chi connectivity index (χ3n) is 6.30. The number of carboxylic acids is 1. The van der Waals surface area contributed by atoms with E-state index in [2.05, 4.69) is 10.6 Å². The lowest BCUT2D eigenvalue weighted by Gasteiger charge is -2.18. The smallest absolute Gasteiger partial charge is 0.411 e. The first-order valence-electron chi connectivity index (χ1n) is 11.2. The number of benzene rings is 3. The van der Waals surface area contributed by atoms with Gasteiger partial charge in [0.2, 0.25) is 0 Å². The number of carbonyl (C=O) groups excluding carboxylic acids is 2. The molecule has 0 spiro atoms. The van der Waals surface area contributed by atoms with Crippen LogP contribution in [0.15, 0.2) is 66.7 Å². The summed E-state index contributed by atoms with van der Waals surface area (Å²) in [6.45, 7) is 3.07. The van der Waals surface area contributed by atoms with E-state index in [0.717, 1.165) is 28.3 Å². The van der Waals surface area contributed by atoms with Crippen LogP contribution in [0.4, 0.5) is 14.9 Å². The number of hydrogen-bond donors (Lipinski definition) is 3. The van der Waals surface area contributed by atoms with Crippen molar-refractivity contribution in [3.05, 3.63) is 89.2 Å². The van der Waals surface area contributed by atoms with E-state index in [1.54, 1.807) is 0 Å². The Morgan fingerprint density at radius 3 is 2.17 bits per heavy atom. The molecule has 0 saturated heterocycles. The summed E-state index contributed by atoms with van der Waals surface area (Å²) in [7, 11) is 0. The van der Waals surface area contributed by atoms with Gasteiger partial charge in [0.15, 0.2) is 0 Å². The highest BCUT2D eigenvalue weighted by molar-refractivity contribution is 5.97. The third kappa shape index (κ3) is 5.01. The number of hydrogen-bond acceptors (Lipinski definition) is 4. The lowest BCUT2D eigenvalue weighted by atomic mass is 9.98. The fourth-order valence-electron chi connectivity index (χ4n) is 4.15. The molecule has 0 aliphatic heterocycles. The highest BCUT2D eigenvalue weighted by Crippen LogP contribution is 2.44. The molecule has 3 N–H and O–H groups in total. The van der Waals surface area contributed by atoms with Crippen molar-refractivity contribution in [2.24, 2.45) is 5.92 Å². The number of ether oxygens (including phenoxy) is 1. The summed E-state index contributed by atoms with van der Waals surface area (Å²) in [5, 5.41) is 14.1. The van der Waals surface area contributed by atoms with Crippen molar-refractivity contribution in [3.8, 4) is 11.1 Å². The van der Waals surface area contributed by atoms with Crippen LogP contribution in [-0.2, 0) is 9.53 Å². The van der Waals surface area contributed by atoms with E-state index >= 15 is 0 Å². The summed E-state index contributed by atoms with van der Waals surface area (Å²) in [6.07, 6.45) is -0.738. The van der Waals surface area contributed by atoms with Crippen molar-refractivity contribution < 1.29 is 28.6 Å². The second-order valence-corrected chi connectivity index (χ2v) is 8.53. The van der Waals surface area contributed by atoms with Crippen molar-refractivity contribution in [2.45, 2.75) is 25.8 Å². The largest absolute Gasteiger partial charge is 0.481 e. The molecular weight excluding hydrogens is 451 g/mol. The first-order valence-corrected chi connectivity index (χ1v) is 11.2. The van der Waals surface area contributed by atoms with Crippen molar-refractivity contribution >= 4 is 23.7 Å². The summed E-state index contributed by atoms with van der Waals surface area (Å²) < 4.78 is 19.8. The van der Waals surface area contributed by atoms with Gasteiger partial charge in [0.05, 0.1) is 11.5 Å². The van der Waals surface area contributed by atoms with Gasteiger partial charge in [-0.15, -0.1) is 0 Å². The zero-order chi connectivity index (χ0) is 25.1. The summed E-state index contributed by atoms with van der Waals surface area (Å²) in [5.41, 5.74) is 4.23. The number of anilines is 1. The molecule has 2 atom stereocenters. The van der Waals surface area contributed by atoms with Crippen LogP contribution in [0, 0.1) is 11.7 Å². The Bertz CT molecular complexity index is 1250. The minimum atomic E-state index is -1.08. The van der Waals surface area contributed by atoms with E-state index in [0.29, 0.717) is 0 Å². The van der Waals surface area contributed by atoms with Crippen molar-refractivity contribution in [1.29, 1.82) is 0 Å². The van der Waals surface area contributed by atoms with Crippen LogP contribution in [0.2, 0.25) is 0 Å². The van der Waals surface area contributed by atoms with Crippen LogP contribution in [0.3, 0.4) is 0 Å². The molecule has 0 fully saturated rings. The number of nitrogens with one attached hydrogen (secondary N) is 2. The first kappa shape index (κ1) is 23.9. The zero-order valence-electron chi connectivity index (χ0n) is 19.2. The lowest BCUT2D eigenvalue weighted by Crippen LogP contribution is -2.40. The second kappa shape index (κ2) is 9.97. The minimum Gasteiger partial charge on any atom is -0.481 e. The molecule has 35 heavy (non-hydrogen) atoms. The molecule has 3 aromatic carbocycles. The van der Waals surface area contributed by atoms with Crippen molar-refractivity contribution in [2.75, 3.05) is 11.9 Å². The summed E-state index contributed by atoms with van der Waals surface area (Å²) >= 11 is 0. The lowest BCUT2D eigenvalue weighted by molar-refractivity contribution is -0.141. The SMILES string of the molecule is CC(NC(=O)c1cc(NC(=O)OCC2c3ccccc3-c3ccccc32)ccc1F)C(C)C(=O)O. The van der Waals surface area contributed by atoms with Gasteiger partial charge < -0.3 is 15.2 Å². The van der Waals surface area contributed by atoms with Gasteiger partial charge in [0.1, 0.15) is 12.4 Å². The van der Waals surface area contributed by atoms with Gasteiger partial charge in [-0.25, -0.2) is 9.18 Å². The van der Waals surface area contributed by atoms with E-state index in [1.807, 2.05) is 48.5 Å². The van der Waals surface area contributed by atoms with E-state index in [-0.39, 0.29) is 23.8 Å². The van der Waals surface area contributed by atoms with Gasteiger partial charge >= 0.3 is 12.1 Å². The predicted molar refractivity (Wildman–Crippen MR) is 129 cm³/mol. The van der Waals surface area contributed by atoms with E-state index in [1.165, 1.54) is 26.0 Å². The molecule has 1 aliphatic rings. The average molecular weight is 477 g/mol. The van der Waals surface area contributed by atoms with Gasteiger partial charge in [-0.2, -0.15) is 0 Å². The molecule has 0 bridgehead atoms. The molecule has 0 aromatic heterocycles. The predicted octanol–water partition coefficient (Wildman–Crippen LogP) is 5.03. The van der Waals surface area contributed by atoms with Gasteiger partial charge in [0, 0.05) is 17.6 Å². The maximum Gasteiger partial charge on any atom is 0.411 e. The van der Waals surface area contributed by atoms with E-state index in [9.17, 15) is 18.8 Å².